The largest absolute Gasteiger partial charge is 0.490 e. The van der Waals surface area contributed by atoms with Crippen LogP contribution in [0.25, 0.3) is 22.4 Å². The highest BCUT2D eigenvalue weighted by Gasteiger charge is 2.71. The lowest BCUT2D eigenvalue weighted by molar-refractivity contribution is -0.376. The predicted octanol–water partition coefficient (Wildman–Crippen LogP) is 6.32. The molecule has 0 unspecified atom stereocenters. The quantitative estimate of drug-likeness (QED) is 0.320. The third kappa shape index (κ3) is 7.46. The van der Waals surface area contributed by atoms with E-state index in [1.807, 2.05) is 0 Å². The molecule has 1 aromatic heterocycles. The molecule has 0 atom stereocenters. The molecule has 0 aliphatic carbocycles. The Morgan fingerprint density at radius 3 is 1.51 bits per heavy atom. The van der Waals surface area contributed by atoms with Crippen LogP contribution in [0.15, 0.2) is 66.9 Å². The van der Waals surface area contributed by atoms with Crippen LogP contribution in [-0.2, 0) is 15.2 Å². The van der Waals surface area contributed by atoms with Gasteiger partial charge in [0.1, 0.15) is 0 Å². The number of hydrogen-bond donors (Lipinski definition) is 3. The minimum Gasteiger partial charge on any atom is -0.475 e. The number of carboxylic acid groups (broad SMARTS) is 1. The molecule has 0 saturated carbocycles. The molecule has 39 heavy (non-hydrogen) atoms. The molecule has 210 valence electrons. The van der Waals surface area contributed by atoms with E-state index in [2.05, 4.69) is 10.3 Å². The maximum atomic E-state index is 13.0. The smallest absolute Gasteiger partial charge is 0.475 e. The van der Waals surface area contributed by atoms with Crippen LogP contribution in [0.1, 0.15) is 12.5 Å². The molecule has 0 fully saturated rings. The molecular weight excluding hydrogens is 551 g/mol. The van der Waals surface area contributed by atoms with Crippen molar-refractivity contribution in [1.82, 2.24) is 4.98 Å². The van der Waals surface area contributed by atoms with E-state index < -0.39 is 35.7 Å². The van der Waals surface area contributed by atoms with Crippen LogP contribution in [0.5, 0.6) is 0 Å². The summed E-state index contributed by atoms with van der Waals surface area (Å²) in [6.45, 7) is 1.38. The van der Waals surface area contributed by atoms with Crippen molar-refractivity contribution in [3.05, 3.63) is 72.4 Å². The van der Waals surface area contributed by atoms with Crippen LogP contribution in [0.4, 0.5) is 45.2 Å². The molecule has 0 spiro atoms. The molecule has 15 heteroatoms. The first kappa shape index (κ1) is 31.1. The van der Waals surface area contributed by atoms with Gasteiger partial charge in [-0.25, -0.2) is 4.79 Å². The summed E-state index contributed by atoms with van der Waals surface area (Å²) < 4.78 is 110. The number of aliphatic carboxylic acids is 1. The summed E-state index contributed by atoms with van der Waals surface area (Å²) in [6, 6.07) is 13.4. The Morgan fingerprint density at radius 1 is 0.718 bits per heavy atom. The lowest BCUT2D eigenvalue weighted by Gasteiger charge is -2.32. The number of hydrogen-bond acceptors (Lipinski definition) is 4. The Labute approximate surface area is 213 Å². The molecule has 0 aliphatic heterocycles. The van der Waals surface area contributed by atoms with E-state index in [0.29, 0.717) is 34.6 Å². The van der Waals surface area contributed by atoms with Crippen molar-refractivity contribution in [2.45, 2.75) is 31.1 Å². The van der Waals surface area contributed by atoms with Crippen molar-refractivity contribution in [3.63, 3.8) is 0 Å². The third-order valence-electron chi connectivity index (χ3n) is 4.96. The first-order valence-electron chi connectivity index (χ1n) is 10.4. The van der Waals surface area contributed by atoms with Gasteiger partial charge in [-0.15, -0.1) is 0 Å². The van der Waals surface area contributed by atoms with Crippen molar-refractivity contribution in [2.24, 2.45) is 0 Å². The summed E-state index contributed by atoms with van der Waals surface area (Å²) >= 11 is 0. The summed E-state index contributed by atoms with van der Waals surface area (Å²) in [4.78, 5) is 24.2. The zero-order valence-corrected chi connectivity index (χ0v) is 19.4. The number of halogens is 9. The number of amides is 1. The number of carboxylic acids is 1. The maximum Gasteiger partial charge on any atom is 0.490 e. The highest BCUT2D eigenvalue weighted by Crippen LogP contribution is 2.50. The Bertz CT molecular complexity index is 1270. The van der Waals surface area contributed by atoms with Gasteiger partial charge in [-0.2, -0.15) is 39.5 Å². The second kappa shape index (κ2) is 11.3. The maximum absolute atomic E-state index is 13.0. The van der Waals surface area contributed by atoms with E-state index in [1.165, 1.54) is 13.1 Å². The number of nitrogens with one attached hydrogen (secondary N) is 1. The van der Waals surface area contributed by atoms with Gasteiger partial charge in [0, 0.05) is 35.5 Å². The molecule has 2 aromatic carbocycles. The summed E-state index contributed by atoms with van der Waals surface area (Å²) in [6.07, 6.45) is -15.5. The lowest BCUT2D eigenvalue weighted by Crippen LogP contribution is -2.53. The van der Waals surface area contributed by atoms with Crippen molar-refractivity contribution in [2.75, 3.05) is 5.32 Å². The van der Waals surface area contributed by atoms with E-state index in [-0.39, 0.29) is 5.91 Å². The number of nitrogens with zero attached hydrogens (tertiary/aromatic N) is 1. The molecule has 6 nitrogen and oxygen atoms in total. The predicted molar refractivity (Wildman–Crippen MR) is 119 cm³/mol. The zero-order valence-electron chi connectivity index (χ0n) is 19.4. The van der Waals surface area contributed by atoms with E-state index in [9.17, 15) is 49.4 Å². The van der Waals surface area contributed by atoms with Gasteiger partial charge in [0.25, 0.3) is 5.60 Å². The molecular formula is C24H17F9N2O4. The van der Waals surface area contributed by atoms with E-state index >= 15 is 0 Å². The highest BCUT2D eigenvalue weighted by atomic mass is 19.4. The van der Waals surface area contributed by atoms with Gasteiger partial charge in [-0.1, -0.05) is 42.5 Å². The fourth-order valence-corrected chi connectivity index (χ4v) is 3.05. The molecule has 0 radical (unpaired) electrons. The first-order valence-corrected chi connectivity index (χ1v) is 10.4. The number of aromatic nitrogens is 1. The molecule has 0 aliphatic rings. The Morgan fingerprint density at radius 2 is 1.15 bits per heavy atom. The van der Waals surface area contributed by atoms with Crippen molar-refractivity contribution < 1.29 is 59.3 Å². The topological polar surface area (TPSA) is 99.5 Å². The number of anilines is 1. The van der Waals surface area contributed by atoms with Crippen LogP contribution >= 0.6 is 0 Å². The summed E-state index contributed by atoms with van der Waals surface area (Å²) in [7, 11) is 0. The van der Waals surface area contributed by atoms with Crippen molar-refractivity contribution in [1.29, 1.82) is 0 Å². The van der Waals surface area contributed by atoms with Gasteiger partial charge in [0.05, 0.1) is 5.69 Å². The minimum atomic E-state index is -5.94. The number of carbonyl (C=O) groups excluding carboxylic acids is 1. The SMILES string of the molecule is CC(=O)Nc1ccc(-c2ccc(-c3ccc(C(O)(C(F)(F)F)C(F)(F)F)cc3)cn2)cc1.O=C(O)C(F)(F)F. The lowest BCUT2D eigenvalue weighted by atomic mass is 9.91. The fourth-order valence-electron chi connectivity index (χ4n) is 3.05. The average Bonchev–Trinajstić information content (AvgIpc) is 2.82. The van der Waals surface area contributed by atoms with Crippen LogP contribution in [0.2, 0.25) is 0 Å². The third-order valence-corrected chi connectivity index (χ3v) is 4.96. The highest BCUT2D eigenvalue weighted by molar-refractivity contribution is 5.88. The molecule has 3 aromatic rings. The first-order chi connectivity index (χ1) is 17.8. The minimum absolute atomic E-state index is 0.213. The summed E-state index contributed by atoms with van der Waals surface area (Å²) in [5, 5.41) is 19.2. The molecule has 1 heterocycles. The number of benzene rings is 2. The number of rotatable bonds is 4. The fraction of sp³-hybridized carbons (Fsp3) is 0.208. The van der Waals surface area contributed by atoms with Crippen LogP contribution in [0, 0.1) is 0 Å². The monoisotopic (exact) mass is 568 g/mol. The zero-order chi connectivity index (χ0) is 29.8. The standard InChI is InChI=1S/C22H16F6N2O2.C2HF3O2/c1-13(31)30-18-9-4-15(5-10-18)19-11-6-16(12-29-19)14-2-7-17(8-3-14)20(32,21(23,24)25)22(26,27)28;3-2(4,5)1(6)7/h2-12,32H,1H3,(H,30,31);(H,6,7). The summed E-state index contributed by atoms with van der Waals surface area (Å²) in [5.41, 5.74) is -3.60. The number of carbonyl (C=O) groups is 2. The van der Waals surface area contributed by atoms with E-state index in [4.69, 9.17) is 9.90 Å². The molecule has 1 amide bonds. The van der Waals surface area contributed by atoms with Crippen LogP contribution in [0.3, 0.4) is 0 Å². The number of aliphatic hydroxyl groups is 1. The Kier molecular flexibility index (Phi) is 9.01. The van der Waals surface area contributed by atoms with E-state index in [1.54, 1.807) is 36.4 Å². The van der Waals surface area contributed by atoms with Gasteiger partial charge in [0.15, 0.2) is 0 Å². The van der Waals surface area contributed by atoms with Gasteiger partial charge < -0.3 is 15.5 Å². The second-order valence-electron chi connectivity index (χ2n) is 7.78. The van der Waals surface area contributed by atoms with Gasteiger partial charge in [-0.3, -0.25) is 9.78 Å². The van der Waals surface area contributed by atoms with Crippen LogP contribution < -0.4 is 5.32 Å². The molecule has 0 saturated heterocycles. The molecule has 3 N–H and O–H groups in total. The van der Waals surface area contributed by atoms with Crippen molar-refractivity contribution in [3.8, 4) is 22.4 Å². The number of pyridine rings is 1. The Hall–Kier alpha value is -4.14. The molecule has 3 rings (SSSR count). The second-order valence-corrected chi connectivity index (χ2v) is 7.78. The molecule has 0 bridgehead atoms. The normalized spacial score (nSPS) is 12.3. The Balaban J connectivity index is 0.000000673. The van der Waals surface area contributed by atoms with E-state index in [0.717, 1.165) is 17.7 Å². The van der Waals surface area contributed by atoms with Crippen LogP contribution in [-0.4, -0.2) is 45.6 Å². The average molecular weight is 568 g/mol. The summed E-state index contributed by atoms with van der Waals surface area (Å²) in [5.74, 6) is -2.97. The van der Waals surface area contributed by atoms with Gasteiger partial charge in [0.2, 0.25) is 5.91 Å². The van der Waals surface area contributed by atoms with Gasteiger partial charge >= 0.3 is 24.5 Å². The van der Waals surface area contributed by atoms with Crippen molar-refractivity contribution >= 4 is 17.6 Å². The van der Waals surface area contributed by atoms with Gasteiger partial charge in [-0.05, 0) is 23.8 Å². The number of alkyl halides is 9.